The summed E-state index contributed by atoms with van der Waals surface area (Å²) in [5, 5.41) is 0. The van der Waals surface area contributed by atoms with Gasteiger partial charge in [-0.1, -0.05) is 97.8 Å². The van der Waals surface area contributed by atoms with Gasteiger partial charge in [0.2, 0.25) is 11.6 Å². The normalized spacial score (nSPS) is 16.9. The molecule has 0 amide bonds. The average Bonchev–Trinajstić information content (AvgIpc) is 3.64. The van der Waals surface area contributed by atoms with Crippen molar-refractivity contribution in [2.45, 2.75) is 151 Å². The standard InChI is InChI=1S/C25H39NO4.C7H14.C4H8O/c1-6-9-13-20(8-3)22(26-21(19(4)5)14-10-7-2)23(28)24(29)25(17-30-18-27)15-11-12-16-25;1-6(2)5-7-3-4-7;1-3-4(2)5/h8,18,21H,4,6-7,9-17H2,1-3,5H3;6-7H,3-5H2,1-2H3;3H2,1-2H3/b20-8+,26-22?;;. The molecule has 2 fully saturated rings. The number of hydrogen-bond acceptors (Lipinski definition) is 6. The molecule has 0 bridgehead atoms. The Hall–Kier alpha value is -2.37. The number of nitrogens with zero attached hydrogens (tertiary/aromatic N) is 1. The number of allylic oxidation sites excluding steroid dienone is 2. The zero-order valence-electron chi connectivity index (χ0n) is 28.2. The van der Waals surface area contributed by atoms with E-state index in [2.05, 4.69) is 34.3 Å². The maximum absolute atomic E-state index is 13.5. The van der Waals surface area contributed by atoms with E-state index in [9.17, 15) is 19.2 Å². The summed E-state index contributed by atoms with van der Waals surface area (Å²) in [5.41, 5.74) is 1.08. The Morgan fingerprint density at radius 3 is 1.98 bits per heavy atom. The van der Waals surface area contributed by atoms with E-state index < -0.39 is 17.0 Å². The van der Waals surface area contributed by atoms with E-state index in [0.29, 0.717) is 32.2 Å². The molecule has 2 aliphatic rings. The van der Waals surface area contributed by atoms with Gasteiger partial charge in [0, 0.05) is 6.42 Å². The van der Waals surface area contributed by atoms with E-state index in [1.807, 2.05) is 26.8 Å². The van der Waals surface area contributed by atoms with Gasteiger partial charge in [0.25, 0.3) is 6.47 Å². The minimum atomic E-state index is -0.912. The highest BCUT2D eigenvalue weighted by atomic mass is 16.5. The Labute approximate surface area is 257 Å². The van der Waals surface area contributed by atoms with Crippen LogP contribution in [0.2, 0.25) is 0 Å². The first-order valence-corrected chi connectivity index (χ1v) is 16.4. The molecule has 0 N–H and O–H groups in total. The number of ketones is 3. The SMILES string of the molecule is C=C(C)C(CCCC)N=C(C(=O)C(=O)C1(COC=O)CCCC1)/C(=C/C)CCCC.CC(C)CC1CC1.CCC(C)=O. The monoisotopic (exact) mass is 587 g/mol. The van der Waals surface area contributed by atoms with Crippen LogP contribution < -0.4 is 0 Å². The first-order valence-electron chi connectivity index (χ1n) is 16.4. The Kier molecular flexibility index (Phi) is 21.0. The Balaban J connectivity index is 0.00000115. The maximum atomic E-state index is 13.5. The summed E-state index contributed by atoms with van der Waals surface area (Å²) in [6, 6.07) is -0.181. The molecule has 1 atom stereocenters. The van der Waals surface area contributed by atoms with E-state index in [-0.39, 0.29) is 24.1 Å². The molecule has 0 saturated heterocycles. The van der Waals surface area contributed by atoms with Crippen molar-refractivity contribution in [2.75, 3.05) is 6.61 Å². The van der Waals surface area contributed by atoms with Crippen LogP contribution in [0.25, 0.3) is 0 Å². The Morgan fingerprint density at radius 2 is 1.60 bits per heavy atom. The highest BCUT2D eigenvalue weighted by Gasteiger charge is 2.46. The van der Waals surface area contributed by atoms with E-state index >= 15 is 0 Å². The topological polar surface area (TPSA) is 89.9 Å². The van der Waals surface area contributed by atoms with Gasteiger partial charge in [0.15, 0.2) is 0 Å². The average molecular weight is 588 g/mol. The molecule has 0 heterocycles. The summed E-state index contributed by atoms with van der Waals surface area (Å²) >= 11 is 0. The van der Waals surface area contributed by atoms with Crippen molar-refractivity contribution in [2.24, 2.45) is 22.2 Å². The van der Waals surface area contributed by atoms with Gasteiger partial charge in [0.1, 0.15) is 18.1 Å². The van der Waals surface area contributed by atoms with Gasteiger partial charge in [-0.3, -0.25) is 19.4 Å². The summed E-state index contributed by atoms with van der Waals surface area (Å²) in [4.78, 5) is 52.3. The number of ether oxygens (including phenoxy) is 1. The van der Waals surface area contributed by atoms with Gasteiger partial charge in [-0.05, 0) is 76.7 Å². The van der Waals surface area contributed by atoms with E-state index in [0.717, 1.165) is 67.9 Å². The van der Waals surface area contributed by atoms with Crippen LogP contribution in [-0.4, -0.2) is 42.2 Å². The van der Waals surface area contributed by atoms with Crippen LogP contribution in [0.15, 0.2) is 28.8 Å². The molecule has 2 saturated carbocycles. The predicted molar refractivity (Wildman–Crippen MR) is 175 cm³/mol. The molecule has 0 aromatic rings. The molecule has 42 heavy (non-hydrogen) atoms. The quantitative estimate of drug-likeness (QED) is 0.0691. The van der Waals surface area contributed by atoms with Crippen LogP contribution in [0.4, 0.5) is 0 Å². The summed E-state index contributed by atoms with van der Waals surface area (Å²) < 4.78 is 4.97. The van der Waals surface area contributed by atoms with E-state index in [4.69, 9.17) is 9.73 Å². The van der Waals surface area contributed by atoms with Gasteiger partial charge in [0.05, 0.1) is 11.5 Å². The molecule has 0 aromatic carbocycles. The zero-order valence-corrected chi connectivity index (χ0v) is 28.2. The molecule has 0 aromatic heterocycles. The van der Waals surface area contributed by atoms with Crippen LogP contribution in [0.5, 0.6) is 0 Å². The number of rotatable bonds is 18. The molecule has 2 rings (SSSR count). The third kappa shape index (κ3) is 15.7. The van der Waals surface area contributed by atoms with Crippen molar-refractivity contribution in [3.8, 4) is 0 Å². The van der Waals surface area contributed by atoms with Gasteiger partial charge in [-0.2, -0.15) is 0 Å². The van der Waals surface area contributed by atoms with Crippen molar-refractivity contribution in [1.29, 1.82) is 0 Å². The van der Waals surface area contributed by atoms with E-state index in [1.54, 1.807) is 6.92 Å². The lowest BCUT2D eigenvalue weighted by molar-refractivity contribution is -0.145. The number of aliphatic imine (C=N–C) groups is 1. The van der Waals surface area contributed by atoms with Crippen molar-refractivity contribution >= 4 is 29.5 Å². The van der Waals surface area contributed by atoms with Crippen LogP contribution in [-0.2, 0) is 23.9 Å². The second-order valence-corrected chi connectivity index (χ2v) is 12.6. The largest absolute Gasteiger partial charge is 0.467 e. The summed E-state index contributed by atoms with van der Waals surface area (Å²) in [6.07, 6.45) is 15.3. The number of carbonyl (C=O) groups excluding carboxylic acids is 4. The minimum absolute atomic E-state index is 0.0335. The van der Waals surface area contributed by atoms with Crippen molar-refractivity contribution in [3.05, 3.63) is 23.8 Å². The highest BCUT2D eigenvalue weighted by molar-refractivity contribution is 6.69. The first-order chi connectivity index (χ1) is 19.9. The molecule has 2 aliphatic carbocycles. The smallest absolute Gasteiger partial charge is 0.293 e. The first kappa shape index (κ1) is 39.6. The summed E-state index contributed by atoms with van der Waals surface area (Å²) in [7, 11) is 0. The van der Waals surface area contributed by atoms with Crippen molar-refractivity contribution < 1.29 is 23.9 Å². The van der Waals surface area contributed by atoms with Crippen molar-refractivity contribution in [3.63, 3.8) is 0 Å². The minimum Gasteiger partial charge on any atom is -0.467 e. The molecular formula is C36H61NO5. The van der Waals surface area contributed by atoms with Gasteiger partial charge >= 0.3 is 0 Å². The molecule has 6 nitrogen and oxygen atoms in total. The van der Waals surface area contributed by atoms with Crippen LogP contribution in [0.3, 0.4) is 0 Å². The molecule has 0 spiro atoms. The summed E-state index contributed by atoms with van der Waals surface area (Å²) in [5.74, 6) is 1.31. The number of Topliss-reactive ketones (excluding diaryl/α,β-unsaturated/α-hetero) is 3. The van der Waals surface area contributed by atoms with Crippen LogP contribution in [0, 0.1) is 17.3 Å². The number of unbranched alkanes of at least 4 members (excludes halogenated alkanes) is 2. The molecule has 1 unspecified atom stereocenters. The fourth-order valence-electron chi connectivity index (χ4n) is 5.08. The lowest BCUT2D eigenvalue weighted by Gasteiger charge is -2.26. The molecule has 6 heteroatoms. The van der Waals surface area contributed by atoms with Gasteiger partial charge in [-0.15, -0.1) is 0 Å². The fourth-order valence-corrected chi connectivity index (χ4v) is 5.08. The molecule has 0 radical (unpaired) electrons. The van der Waals surface area contributed by atoms with Gasteiger partial charge in [-0.25, -0.2) is 0 Å². The summed E-state index contributed by atoms with van der Waals surface area (Å²) in [6.45, 7) is 20.4. The second kappa shape index (κ2) is 22.2. The third-order valence-electron chi connectivity index (χ3n) is 8.03. The number of hydrogen-bond donors (Lipinski definition) is 0. The number of carbonyl (C=O) groups is 4. The fraction of sp³-hybridized carbons (Fsp3) is 0.750. The zero-order chi connectivity index (χ0) is 32.1. The molecule has 0 aliphatic heterocycles. The Morgan fingerprint density at radius 1 is 1.02 bits per heavy atom. The van der Waals surface area contributed by atoms with Crippen LogP contribution >= 0.6 is 0 Å². The molecular weight excluding hydrogens is 526 g/mol. The lowest BCUT2D eigenvalue weighted by atomic mass is 9.78. The molecule has 240 valence electrons. The maximum Gasteiger partial charge on any atom is 0.293 e. The highest BCUT2D eigenvalue weighted by Crippen LogP contribution is 2.40. The van der Waals surface area contributed by atoms with E-state index in [1.165, 1.54) is 19.3 Å². The lowest BCUT2D eigenvalue weighted by Crippen LogP contribution is -2.42. The Bertz CT molecular complexity index is 904. The van der Waals surface area contributed by atoms with Crippen LogP contribution in [0.1, 0.15) is 145 Å². The third-order valence-corrected chi connectivity index (χ3v) is 8.03. The van der Waals surface area contributed by atoms with Gasteiger partial charge < -0.3 is 9.53 Å². The van der Waals surface area contributed by atoms with Crippen molar-refractivity contribution in [1.82, 2.24) is 0 Å². The predicted octanol–water partition coefficient (Wildman–Crippen LogP) is 9.00. The second-order valence-electron chi connectivity index (χ2n) is 12.6.